The monoisotopic (exact) mass is 281 g/mol. The number of likely N-dealkylation sites (tertiary alicyclic amines) is 2. The van der Waals surface area contributed by atoms with Crippen molar-refractivity contribution in [3.05, 3.63) is 0 Å². The Morgan fingerprint density at radius 3 is 2.40 bits per heavy atom. The topological polar surface area (TPSA) is 18.5 Å². The molecule has 2 heterocycles. The molecular formula is C17H35N3. The Morgan fingerprint density at radius 2 is 1.75 bits per heavy atom. The number of nitrogens with one attached hydrogen (secondary N) is 1. The van der Waals surface area contributed by atoms with Gasteiger partial charge in [-0.25, -0.2) is 0 Å². The third-order valence-corrected chi connectivity index (χ3v) is 4.95. The van der Waals surface area contributed by atoms with E-state index in [0.717, 1.165) is 12.0 Å². The molecule has 0 saturated carbocycles. The summed E-state index contributed by atoms with van der Waals surface area (Å²) in [5, 5.41) is 3.55. The van der Waals surface area contributed by atoms with Crippen LogP contribution in [0.15, 0.2) is 0 Å². The van der Waals surface area contributed by atoms with Crippen LogP contribution in [0.2, 0.25) is 0 Å². The summed E-state index contributed by atoms with van der Waals surface area (Å²) in [6.45, 7) is 13.6. The van der Waals surface area contributed by atoms with Crippen LogP contribution in [0.4, 0.5) is 0 Å². The van der Waals surface area contributed by atoms with Gasteiger partial charge in [-0.3, -0.25) is 0 Å². The van der Waals surface area contributed by atoms with Crippen molar-refractivity contribution in [2.24, 2.45) is 5.92 Å². The van der Waals surface area contributed by atoms with Crippen LogP contribution < -0.4 is 5.32 Å². The third kappa shape index (κ3) is 5.34. The molecule has 0 bridgehead atoms. The van der Waals surface area contributed by atoms with Crippen molar-refractivity contribution in [1.29, 1.82) is 0 Å². The summed E-state index contributed by atoms with van der Waals surface area (Å²) < 4.78 is 0. The summed E-state index contributed by atoms with van der Waals surface area (Å²) in [5.74, 6) is 0.785. The number of rotatable bonds is 7. The van der Waals surface area contributed by atoms with Gasteiger partial charge in [0.2, 0.25) is 0 Å². The lowest BCUT2D eigenvalue weighted by Crippen LogP contribution is -2.47. The summed E-state index contributed by atoms with van der Waals surface area (Å²) in [6.07, 6.45) is 8.36. The van der Waals surface area contributed by atoms with Crippen LogP contribution in [0.3, 0.4) is 0 Å². The Balaban J connectivity index is 1.61. The molecule has 2 fully saturated rings. The number of hydrogen-bond acceptors (Lipinski definition) is 3. The molecule has 0 aromatic heterocycles. The minimum atomic E-state index is 0.785. The maximum Gasteiger partial charge on any atom is 0.0120 e. The van der Waals surface area contributed by atoms with Crippen LogP contribution >= 0.6 is 0 Å². The molecule has 2 rings (SSSR count). The first-order valence-corrected chi connectivity index (χ1v) is 8.96. The van der Waals surface area contributed by atoms with E-state index in [-0.39, 0.29) is 0 Å². The molecule has 3 heteroatoms. The first kappa shape index (κ1) is 16.3. The summed E-state index contributed by atoms with van der Waals surface area (Å²) in [4.78, 5) is 5.46. The number of hydrogen-bond donors (Lipinski definition) is 1. The van der Waals surface area contributed by atoms with Crippen LogP contribution in [-0.4, -0.2) is 61.7 Å². The van der Waals surface area contributed by atoms with Gasteiger partial charge in [-0.1, -0.05) is 20.3 Å². The zero-order chi connectivity index (χ0) is 14.2. The molecule has 0 aromatic rings. The Morgan fingerprint density at radius 1 is 1.05 bits per heavy atom. The fraction of sp³-hybridized carbons (Fsp3) is 1.00. The molecule has 1 atom stereocenters. The van der Waals surface area contributed by atoms with Gasteiger partial charge in [0.1, 0.15) is 0 Å². The maximum absolute atomic E-state index is 3.55. The fourth-order valence-electron chi connectivity index (χ4n) is 3.78. The lowest BCUT2D eigenvalue weighted by atomic mass is 9.99. The largest absolute Gasteiger partial charge is 0.316 e. The highest BCUT2D eigenvalue weighted by molar-refractivity contribution is 4.82. The van der Waals surface area contributed by atoms with E-state index in [1.807, 2.05) is 0 Å². The van der Waals surface area contributed by atoms with Gasteiger partial charge in [0.05, 0.1) is 0 Å². The van der Waals surface area contributed by atoms with Gasteiger partial charge in [-0.2, -0.15) is 0 Å². The van der Waals surface area contributed by atoms with E-state index < -0.39 is 0 Å². The van der Waals surface area contributed by atoms with Gasteiger partial charge in [0.15, 0.2) is 0 Å². The smallest absolute Gasteiger partial charge is 0.0120 e. The molecule has 118 valence electrons. The lowest BCUT2D eigenvalue weighted by molar-refractivity contribution is 0.0864. The highest BCUT2D eigenvalue weighted by Gasteiger charge is 2.25. The van der Waals surface area contributed by atoms with E-state index in [2.05, 4.69) is 29.0 Å². The molecule has 0 aliphatic carbocycles. The molecule has 2 aliphatic heterocycles. The van der Waals surface area contributed by atoms with Gasteiger partial charge in [0, 0.05) is 12.6 Å². The van der Waals surface area contributed by atoms with Crippen LogP contribution in [0.5, 0.6) is 0 Å². The minimum Gasteiger partial charge on any atom is -0.316 e. The van der Waals surface area contributed by atoms with Crippen molar-refractivity contribution in [1.82, 2.24) is 15.1 Å². The summed E-state index contributed by atoms with van der Waals surface area (Å²) >= 11 is 0. The lowest BCUT2D eigenvalue weighted by Gasteiger charge is -2.40. The predicted molar refractivity (Wildman–Crippen MR) is 87.2 cm³/mol. The van der Waals surface area contributed by atoms with Crippen LogP contribution in [0.1, 0.15) is 52.4 Å². The Labute approximate surface area is 126 Å². The third-order valence-electron chi connectivity index (χ3n) is 4.95. The molecule has 3 nitrogen and oxygen atoms in total. The van der Waals surface area contributed by atoms with E-state index in [1.54, 1.807) is 0 Å². The maximum atomic E-state index is 3.55. The van der Waals surface area contributed by atoms with E-state index in [1.165, 1.54) is 84.3 Å². The van der Waals surface area contributed by atoms with Crippen molar-refractivity contribution in [3.63, 3.8) is 0 Å². The molecular weight excluding hydrogens is 246 g/mol. The summed E-state index contributed by atoms with van der Waals surface area (Å²) in [7, 11) is 0. The van der Waals surface area contributed by atoms with Gasteiger partial charge in [0.25, 0.3) is 0 Å². The Bertz CT molecular complexity index is 243. The zero-order valence-electron chi connectivity index (χ0n) is 13.7. The van der Waals surface area contributed by atoms with E-state index >= 15 is 0 Å². The molecule has 0 aromatic carbocycles. The van der Waals surface area contributed by atoms with Crippen LogP contribution in [0, 0.1) is 5.92 Å². The second-order valence-electron chi connectivity index (χ2n) is 6.94. The first-order chi connectivity index (χ1) is 9.79. The van der Waals surface area contributed by atoms with Crippen molar-refractivity contribution >= 4 is 0 Å². The zero-order valence-corrected chi connectivity index (χ0v) is 13.7. The minimum absolute atomic E-state index is 0.785. The molecule has 0 spiro atoms. The highest BCUT2D eigenvalue weighted by atomic mass is 15.2. The van der Waals surface area contributed by atoms with Gasteiger partial charge < -0.3 is 15.1 Å². The van der Waals surface area contributed by atoms with Crippen molar-refractivity contribution < 1.29 is 0 Å². The van der Waals surface area contributed by atoms with E-state index in [9.17, 15) is 0 Å². The number of nitrogens with zero attached hydrogens (tertiary/aromatic N) is 2. The SMILES string of the molecule is CCCNCC(C)CN1CCC(N2CCCCC2)CC1. The predicted octanol–water partition coefficient (Wildman–Crippen LogP) is 2.57. The summed E-state index contributed by atoms with van der Waals surface area (Å²) in [6, 6.07) is 0.889. The van der Waals surface area contributed by atoms with Crippen LogP contribution in [0.25, 0.3) is 0 Å². The highest BCUT2D eigenvalue weighted by Crippen LogP contribution is 2.21. The van der Waals surface area contributed by atoms with Crippen molar-refractivity contribution in [2.45, 2.75) is 58.4 Å². The molecule has 20 heavy (non-hydrogen) atoms. The molecule has 1 N–H and O–H groups in total. The first-order valence-electron chi connectivity index (χ1n) is 8.96. The Hall–Kier alpha value is -0.120. The van der Waals surface area contributed by atoms with Gasteiger partial charge >= 0.3 is 0 Å². The quantitative estimate of drug-likeness (QED) is 0.724. The van der Waals surface area contributed by atoms with E-state index in [0.29, 0.717) is 0 Å². The average Bonchev–Trinajstić information content (AvgIpc) is 2.49. The second-order valence-corrected chi connectivity index (χ2v) is 6.94. The molecule has 2 saturated heterocycles. The fourth-order valence-corrected chi connectivity index (χ4v) is 3.78. The van der Waals surface area contributed by atoms with Crippen LogP contribution in [-0.2, 0) is 0 Å². The Kier molecular flexibility index (Phi) is 7.32. The van der Waals surface area contributed by atoms with Crippen molar-refractivity contribution in [2.75, 3.05) is 45.8 Å². The van der Waals surface area contributed by atoms with Crippen molar-refractivity contribution in [3.8, 4) is 0 Å². The molecule has 0 amide bonds. The normalized spacial score (nSPS) is 24.9. The number of piperidine rings is 2. The molecule has 0 radical (unpaired) electrons. The van der Waals surface area contributed by atoms with E-state index in [4.69, 9.17) is 0 Å². The molecule has 2 aliphatic rings. The average molecular weight is 281 g/mol. The second kappa shape index (κ2) is 9.01. The summed E-state index contributed by atoms with van der Waals surface area (Å²) in [5.41, 5.74) is 0. The standard InChI is InChI=1S/C17H35N3/c1-3-9-18-14-16(2)15-19-12-7-17(8-13-19)20-10-5-4-6-11-20/h16-18H,3-15H2,1-2H3. The van der Waals surface area contributed by atoms with Gasteiger partial charge in [-0.05, 0) is 77.3 Å². The van der Waals surface area contributed by atoms with Gasteiger partial charge in [-0.15, -0.1) is 0 Å². The molecule has 1 unspecified atom stereocenters.